The summed E-state index contributed by atoms with van der Waals surface area (Å²) in [6.45, 7) is 14.7. The van der Waals surface area contributed by atoms with Gasteiger partial charge in [-0.05, 0) is 93.6 Å². The van der Waals surface area contributed by atoms with Crippen molar-refractivity contribution in [2.75, 3.05) is 0 Å². The van der Waals surface area contributed by atoms with Crippen molar-refractivity contribution in [3.63, 3.8) is 0 Å². The predicted molar refractivity (Wildman–Crippen MR) is 129 cm³/mol. The minimum atomic E-state index is -0.858. The van der Waals surface area contributed by atoms with Crippen molar-refractivity contribution < 1.29 is 15.3 Å². The maximum atomic E-state index is 10.5. The van der Waals surface area contributed by atoms with Crippen LogP contribution in [0.2, 0.25) is 0 Å². The van der Waals surface area contributed by atoms with E-state index >= 15 is 0 Å². The van der Waals surface area contributed by atoms with Crippen molar-refractivity contribution >= 4 is 0 Å². The van der Waals surface area contributed by atoms with Gasteiger partial charge in [0.2, 0.25) is 0 Å². The molecule has 3 saturated carbocycles. The van der Waals surface area contributed by atoms with Crippen molar-refractivity contribution in [2.45, 2.75) is 116 Å². The Labute approximate surface area is 190 Å². The first-order chi connectivity index (χ1) is 14.3. The molecule has 0 radical (unpaired) electrons. The second-order valence-corrected chi connectivity index (χ2v) is 12.1. The zero-order chi connectivity index (χ0) is 23.0. The lowest BCUT2D eigenvalue weighted by atomic mass is 9.60. The van der Waals surface area contributed by atoms with Crippen LogP contribution in [-0.2, 0) is 0 Å². The first-order valence-corrected chi connectivity index (χ1v) is 12.5. The van der Waals surface area contributed by atoms with Gasteiger partial charge >= 0.3 is 0 Å². The first-order valence-electron chi connectivity index (χ1n) is 12.5. The fourth-order valence-corrected chi connectivity index (χ4v) is 7.00. The highest BCUT2D eigenvalue weighted by atomic mass is 16.3. The molecule has 0 aliphatic heterocycles. The van der Waals surface area contributed by atoms with Gasteiger partial charge in [0.15, 0.2) is 0 Å². The molecular weight excluding hydrogens is 384 g/mol. The molecule has 3 rings (SSSR count). The quantitative estimate of drug-likeness (QED) is 0.477. The van der Waals surface area contributed by atoms with E-state index in [1.807, 2.05) is 20.8 Å². The zero-order valence-corrected chi connectivity index (χ0v) is 20.6. The molecule has 6 atom stereocenters. The lowest BCUT2D eigenvalue weighted by molar-refractivity contribution is 0.00361. The maximum absolute atomic E-state index is 10.5. The van der Waals surface area contributed by atoms with E-state index in [-0.39, 0.29) is 0 Å². The third-order valence-corrected chi connectivity index (χ3v) is 8.69. The molecule has 31 heavy (non-hydrogen) atoms. The fourth-order valence-electron chi connectivity index (χ4n) is 7.00. The van der Waals surface area contributed by atoms with E-state index in [9.17, 15) is 15.3 Å². The Kier molecular flexibility index (Phi) is 7.30. The topological polar surface area (TPSA) is 60.7 Å². The molecular formula is C28H46O3. The SMILES string of the molecule is C=C1/C(=C\C=C2/CCC[C@]3(C)[C@@H]([C@@H](C)CCCC(C)(C)O)CC[C@@H]23)C[C@@](C)(O)C[C@@H]1O. The van der Waals surface area contributed by atoms with Gasteiger partial charge in [0, 0.05) is 12.8 Å². The molecule has 0 bridgehead atoms. The lowest BCUT2D eigenvalue weighted by Gasteiger charge is -2.44. The highest BCUT2D eigenvalue weighted by Gasteiger charge is 2.50. The number of aliphatic hydroxyl groups excluding tert-OH is 1. The van der Waals surface area contributed by atoms with E-state index in [1.165, 1.54) is 32.1 Å². The summed E-state index contributed by atoms with van der Waals surface area (Å²) in [6.07, 6.45) is 14.2. The summed E-state index contributed by atoms with van der Waals surface area (Å²) in [6, 6.07) is 0. The standard InChI is InChI=1S/C28H46O3/c1-19(9-7-15-26(3,4)30)23-13-14-24-21(10-8-16-28(23,24)6)11-12-22-17-27(5,31)18-25(29)20(22)2/h11-12,19,23-25,29-31H,2,7-10,13-18H2,1,3-6H3/b21-11+,22-12-/t19-,23+,24-,25-,27+,28+/m0/s1. The van der Waals surface area contributed by atoms with Crippen LogP contribution >= 0.6 is 0 Å². The summed E-state index contributed by atoms with van der Waals surface area (Å²) in [5.74, 6) is 2.09. The summed E-state index contributed by atoms with van der Waals surface area (Å²) in [7, 11) is 0. The fraction of sp³-hybridized carbons (Fsp3) is 0.786. The predicted octanol–water partition coefficient (Wildman–Crippen LogP) is 6.09. The third-order valence-electron chi connectivity index (χ3n) is 8.69. The number of hydrogen-bond acceptors (Lipinski definition) is 3. The van der Waals surface area contributed by atoms with Crippen LogP contribution in [0.15, 0.2) is 35.5 Å². The lowest BCUT2D eigenvalue weighted by Crippen LogP contribution is -2.37. The molecule has 3 fully saturated rings. The highest BCUT2D eigenvalue weighted by Crippen LogP contribution is 2.60. The second-order valence-electron chi connectivity index (χ2n) is 12.1. The third kappa shape index (κ3) is 5.72. The molecule has 3 aliphatic carbocycles. The maximum Gasteiger partial charge on any atom is 0.0814 e. The zero-order valence-electron chi connectivity index (χ0n) is 20.6. The Balaban J connectivity index is 1.72. The van der Waals surface area contributed by atoms with Crippen LogP contribution in [0.4, 0.5) is 0 Å². The van der Waals surface area contributed by atoms with Crippen LogP contribution in [0.1, 0.15) is 98.8 Å². The highest BCUT2D eigenvalue weighted by molar-refractivity contribution is 5.39. The second kappa shape index (κ2) is 9.15. The Morgan fingerprint density at radius 1 is 1.23 bits per heavy atom. The minimum absolute atomic E-state index is 0.366. The van der Waals surface area contributed by atoms with Crippen LogP contribution < -0.4 is 0 Å². The van der Waals surface area contributed by atoms with Crippen molar-refractivity contribution in [3.8, 4) is 0 Å². The Morgan fingerprint density at radius 3 is 2.61 bits per heavy atom. The smallest absolute Gasteiger partial charge is 0.0814 e. The van der Waals surface area contributed by atoms with Gasteiger partial charge in [0.1, 0.15) is 0 Å². The van der Waals surface area contributed by atoms with Crippen molar-refractivity contribution in [3.05, 3.63) is 35.5 Å². The average Bonchev–Trinajstić information content (AvgIpc) is 2.99. The molecule has 0 saturated heterocycles. The van der Waals surface area contributed by atoms with Crippen molar-refractivity contribution in [2.24, 2.45) is 23.2 Å². The molecule has 0 spiro atoms. The van der Waals surface area contributed by atoms with Crippen molar-refractivity contribution in [1.82, 2.24) is 0 Å². The number of rotatable bonds is 6. The number of fused-ring (bicyclic) bond motifs is 1. The van der Waals surface area contributed by atoms with Crippen LogP contribution in [0, 0.1) is 23.2 Å². The summed E-state index contributed by atoms with van der Waals surface area (Å²) in [4.78, 5) is 0. The summed E-state index contributed by atoms with van der Waals surface area (Å²) in [5.41, 5.74) is 2.27. The van der Waals surface area contributed by atoms with E-state index in [1.54, 1.807) is 5.57 Å². The first kappa shape index (κ1) is 24.7. The van der Waals surface area contributed by atoms with Gasteiger partial charge in [-0.2, -0.15) is 0 Å². The molecule has 0 heterocycles. The van der Waals surface area contributed by atoms with E-state index in [4.69, 9.17) is 0 Å². The summed E-state index contributed by atoms with van der Waals surface area (Å²) in [5, 5.41) is 30.8. The Bertz CT molecular complexity index is 723. The number of hydrogen-bond donors (Lipinski definition) is 3. The normalized spacial score (nSPS) is 40.4. The largest absolute Gasteiger partial charge is 0.390 e. The van der Waals surface area contributed by atoms with Gasteiger partial charge in [-0.3, -0.25) is 0 Å². The average molecular weight is 431 g/mol. The van der Waals surface area contributed by atoms with Crippen molar-refractivity contribution in [1.29, 1.82) is 0 Å². The summed E-state index contributed by atoms with van der Waals surface area (Å²) < 4.78 is 0. The van der Waals surface area contributed by atoms with Gasteiger partial charge in [-0.15, -0.1) is 0 Å². The van der Waals surface area contributed by atoms with Crippen LogP contribution in [0.25, 0.3) is 0 Å². The van der Waals surface area contributed by atoms with Gasteiger partial charge in [0.25, 0.3) is 0 Å². The van der Waals surface area contributed by atoms with Gasteiger partial charge in [0.05, 0.1) is 17.3 Å². The van der Waals surface area contributed by atoms with E-state index in [0.29, 0.717) is 30.1 Å². The van der Waals surface area contributed by atoms with E-state index in [0.717, 1.165) is 36.3 Å². The number of allylic oxidation sites excluding steroid dienone is 3. The molecule has 176 valence electrons. The summed E-state index contributed by atoms with van der Waals surface area (Å²) >= 11 is 0. The van der Waals surface area contributed by atoms with Gasteiger partial charge < -0.3 is 15.3 Å². The molecule has 0 amide bonds. The molecule has 0 aromatic carbocycles. The van der Waals surface area contributed by atoms with Crippen LogP contribution in [0.3, 0.4) is 0 Å². The molecule has 0 aromatic heterocycles. The van der Waals surface area contributed by atoms with E-state index in [2.05, 4.69) is 32.6 Å². The molecule has 3 aliphatic rings. The Morgan fingerprint density at radius 2 is 1.94 bits per heavy atom. The molecule has 3 N–H and O–H groups in total. The molecule has 0 aromatic rings. The Hall–Kier alpha value is -0.900. The van der Waals surface area contributed by atoms with Gasteiger partial charge in [-0.25, -0.2) is 0 Å². The number of aliphatic hydroxyl groups is 3. The molecule has 3 nitrogen and oxygen atoms in total. The molecule has 0 unspecified atom stereocenters. The van der Waals surface area contributed by atoms with Crippen LogP contribution in [-0.4, -0.2) is 32.6 Å². The van der Waals surface area contributed by atoms with E-state index < -0.39 is 17.3 Å². The van der Waals surface area contributed by atoms with Crippen LogP contribution in [0.5, 0.6) is 0 Å². The minimum Gasteiger partial charge on any atom is -0.390 e. The molecule has 3 heteroatoms. The monoisotopic (exact) mass is 430 g/mol. The van der Waals surface area contributed by atoms with Gasteiger partial charge in [-0.1, -0.05) is 51.0 Å².